The van der Waals surface area contributed by atoms with E-state index in [0.29, 0.717) is 0 Å². The maximum Gasteiger partial charge on any atom is 0.194 e. The van der Waals surface area contributed by atoms with Crippen LogP contribution in [0.5, 0.6) is 5.75 Å². The predicted molar refractivity (Wildman–Crippen MR) is 107 cm³/mol. The van der Waals surface area contributed by atoms with Gasteiger partial charge in [-0.05, 0) is 29.8 Å². The van der Waals surface area contributed by atoms with E-state index in [1.54, 1.807) is 7.11 Å². The van der Waals surface area contributed by atoms with Gasteiger partial charge in [-0.25, -0.2) is 0 Å². The van der Waals surface area contributed by atoms with Crippen LogP contribution < -0.4 is 15.4 Å². The SMILES string of the molecule is COc1ccc(C2Nc3ccccc3NC3=C2C(=O)c2ccccc23)cc1. The number of ketones is 1. The quantitative estimate of drug-likeness (QED) is 0.688. The van der Waals surface area contributed by atoms with E-state index in [1.165, 1.54) is 0 Å². The van der Waals surface area contributed by atoms with E-state index in [2.05, 4.69) is 10.6 Å². The Hall–Kier alpha value is -3.53. The van der Waals surface area contributed by atoms with Crippen molar-refractivity contribution in [2.24, 2.45) is 0 Å². The molecule has 0 fully saturated rings. The van der Waals surface area contributed by atoms with E-state index >= 15 is 0 Å². The standard InChI is InChI=1S/C23H18N2O2/c1-27-15-12-10-14(11-13-15)21-20-22(16-6-2-3-7-17(16)23(20)26)25-19-9-5-4-8-18(19)24-21/h2-13,21,24-25H,1H3. The molecule has 3 aromatic carbocycles. The van der Waals surface area contributed by atoms with Gasteiger partial charge in [0.1, 0.15) is 5.75 Å². The molecule has 4 nitrogen and oxygen atoms in total. The lowest BCUT2D eigenvalue weighted by Gasteiger charge is -2.20. The zero-order valence-corrected chi connectivity index (χ0v) is 14.8. The number of para-hydroxylation sites is 2. The fraction of sp³-hybridized carbons (Fsp3) is 0.0870. The number of hydrogen-bond donors (Lipinski definition) is 2. The third-order valence-electron chi connectivity index (χ3n) is 5.18. The average molecular weight is 354 g/mol. The van der Waals surface area contributed by atoms with E-state index in [0.717, 1.165) is 45.1 Å². The number of hydrogen-bond acceptors (Lipinski definition) is 4. The number of ether oxygens (including phenoxy) is 1. The largest absolute Gasteiger partial charge is 0.497 e. The summed E-state index contributed by atoms with van der Waals surface area (Å²) in [5.74, 6) is 0.857. The third-order valence-corrected chi connectivity index (χ3v) is 5.18. The molecule has 0 saturated carbocycles. The first-order valence-electron chi connectivity index (χ1n) is 8.91. The van der Waals surface area contributed by atoms with E-state index in [9.17, 15) is 4.79 Å². The molecule has 2 aliphatic rings. The molecule has 1 unspecified atom stereocenters. The molecule has 3 aromatic rings. The second kappa shape index (κ2) is 6.02. The highest BCUT2D eigenvalue weighted by molar-refractivity contribution is 6.23. The van der Waals surface area contributed by atoms with Crippen molar-refractivity contribution >= 4 is 22.9 Å². The summed E-state index contributed by atoms with van der Waals surface area (Å²) in [5, 5.41) is 7.07. The van der Waals surface area contributed by atoms with Crippen LogP contribution >= 0.6 is 0 Å². The van der Waals surface area contributed by atoms with Crippen LogP contribution in [0.25, 0.3) is 5.70 Å². The lowest BCUT2D eigenvalue weighted by atomic mass is 9.95. The number of nitrogens with one attached hydrogen (secondary N) is 2. The Bertz CT molecular complexity index is 1080. The van der Waals surface area contributed by atoms with E-state index in [1.807, 2.05) is 72.8 Å². The van der Waals surface area contributed by atoms with Gasteiger partial charge in [0.15, 0.2) is 5.78 Å². The van der Waals surface area contributed by atoms with Crippen LogP contribution in [-0.4, -0.2) is 12.9 Å². The van der Waals surface area contributed by atoms with Gasteiger partial charge in [0.25, 0.3) is 0 Å². The van der Waals surface area contributed by atoms with Crippen molar-refractivity contribution < 1.29 is 9.53 Å². The van der Waals surface area contributed by atoms with E-state index in [-0.39, 0.29) is 11.8 Å². The molecule has 5 rings (SSSR count). The number of anilines is 2. The Morgan fingerprint density at radius 1 is 0.815 bits per heavy atom. The first-order chi connectivity index (χ1) is 13.3. The van der Waals surface area contributed by atoms with Crippen molar-refractivity contribution in [2.75, 3.05) is 17.7 Å². The number of carbonyl (C=O) groups excluding carboxylic acids is 1. The Morgan fingerprint density at radius 3 is 2.22 bits per heavy atom. The maximum atomic E-state index is 13.3. The van der Waals surface area contributed by atoms with Crippen LogP contribution in [0.15, 0.2) is 78.4 Å². The van der Waals surface area contributed by atoms with Crippen LogP contribution in [-0.2, 0) is 0 Å². The highest BCUT2D eigenvalue weighted by atomic mass is 16.5. The number of Topliss-reactive ketones (excluding diaryl/α,β-unsaturated/α-hetero) is 1. The van der Waals surface area contributed by atoms with Gasteiger partial charge >= 0.3 is 0 Å². The van der Waals surface area contributed by atoms with Crippen molar-refractivity contribution in [3.63, 3.8) is 0 Å². The summed E-state index contributed by atoms with van der Waals surface area (Å²) in [6, 6.07) is 23.4. The smallest absolute Gasteiger partial charge is 0.194 e. The molecule has 0 spiro atoms. The molecule has 0 aromatic heterocycles. The van der Waals surface area contributed by atoms with Crippen LogP contribution in [0.4, 0.5) is 11.4 Å². The van der Waals surface area contributed by atoms with Crippen molar-refractivity contribution in [1.29, 1.82) is 0 Å². The highest BCUT2D eigenvalue weighted by Gasteiger charge is 2.37. The normalized spacial score (nSPS) is 17.2. The molecule has 1 heterocycles. The second-order valence-electron chi connectivity index (χ2n) is 6.68. The molecule has 0 amide bonds. The number of fused-ring (bicyclic) bond motifs is 3. The minimum Gasteiger partial charge on any atom is -0.497 e. The zero-order chi connectivity index (χ0) is 18.4. The van der Waals surface area contributed by atoms with Crippen molar-refractivity contribution in [3.05, 3.63) is 95.1 Å². The first-order valence-corrected chi connectivity index (χ1v) is 8.91. The van der Waals surface area contributed by atoms with Crippen LogP contribution in [0.1, 0.15) is 27.5 Å². The third kappa shape index (κ3) is 2.41. The van der Waals surface area contributed by atoms with Gasteiger partial charge in [-0.1, -0.05) is 48.5 Å². The minimum atomic E-state index is -0.248. The molecule has 4 heteroatoms. The van der Waals surface area contributed by atoms with Crippen LogP contribution in [0, 0.1) is 0 Å². The molecule has 2 N–H and O–H groups in total. The number of methoxy groups -OCH3 is 1. The molecule has 1 aliphatic heterocycles. The first kappa shape index (κ1) is 15.7. The molecule has 0 radical (unpaired) electrons. The summed E-state index contributed by atoms with van der Waals surface area (Å²) >= 11 is 0. The summed E-state index contributed by atoms with van der Waals surface area (Å²) in [6.45, 7) is 0. The van der Waals surface area contributed by atoms with Gasteiger partial charge in [-0.2, -0.15) is 0 Å². The molecule has 1 aliphatic carbocycles. The molecule has 0 saturated heterocycles. The molecule has 1 atom stereocenters. The number of rotatable bonds is 2. The monoisotopic (exact) mass is 354 g/mol. The minimum absolute atomic E-state index is 0.0641. The highest BCUT2D eigenvalue weighted by Crippen LogP contribution is 2.45. The fourth-order valence-corrected chi connectivity index (χ4v) is 3.84. The Balaban J connectivity index is 1.71. The Labute approximate surface area is 157 Å². The van der Waals surface area contributed by atoms with Crippen molar-refractivity contribution in [2.45, 2.75) is 6.04 Å². The summed E-state index contributed by atoms with van der Waals surface area (Å²) in [4.78, 5) is 13.3. The molecular weight excluding hydrogens is 336 g/mol. The summed E-state index contributed by atoms with van der Waals surface area (Å²) < 4.78 is 5.28. The fourth-order valence-electron chi connectivity index (χ4n) is 3.84. The molecule has 132 valence electrons. The predicted octanol–water partition coefficient (Wildman–Crippen LogP) is 4.88. The Morgan fingerprint density at radius 2 is 1.48 bits per heavy atom. The maximum absolute atomic E-state index is 13.3. The van der Waals surface area contributed by atoms with Gasteiger partial charge in [-0.3, -0.25) is 4.79 Å². The van der Waals surface area contributed by atoms with Gasteiger partial charge in [-0.15, -0.1) is 0 Å². The van der Waals surface area contributed by atoms with E-state index < -0.39 is 0 Å². The lowest BCUT2D eigenvalue weighted by molar-refractivity contribution is 0.103. The van der Waals surface area contributed by atoms with Gasteiger partial charge in [0.05, 0.1) is 35.8 Å². The molecule has 0 bridgehead atoms. The lowest BCUT2D eigenvalue weighted by Crippen LogP contribution is -2.17. The topological polar surface area (TPSA) is 50.4 Å². The zero-order valence-electron chi connectivity index (χ0n) is 14.8. The summed E-state index contributed by atoms with van der Waals surface area (Å²) in [6.07, 6.45) is 0. The number of benzene rings is 3. The molecular formula is C23H18N2O2. The molecule has 27 heavy (non-hydrogen) atoms. The second-order valence-corrected chi connectivity index (χ2v) is 6.68. The van der Waals surface area contributed by atoms with Crippen molar-refractivity contribution in [3.8, 4) is 5.75 Å². The van der Waals surface area contributed by atoms with Gasteiger partial charge in [0, 0.05) is 11.1 Å². The van der Waals surface area contributed by atoms with Gasteiger partial charge < -0.3 is 15.4 Å². The van der Waals surface area contributed by atoms with Crippen LogP contribution in [0.2, 0.25) is 0 Å². The van der Waals surface area contributed by atoms with Crippen LogP contribution in [0.3, 0.4) is 0 Å². The summed E-state index contributed by atoms with van der Waals surface area (Å²) in [5.41, 5.74) is 6.28. The number of carbonyl (C=O) groups is 1. The van der Waals surface area contributed by atoms with Gasteiger partial charge in [0.2, 0.25) is 0 Å². The van der Waals surface area contributed by atoms with Crippen molar-refractivity contribution in [1.82, 2.24) is 0 Å². The van der Waals surface area contributed by atoms with E-state index in [4.69, 9.17) is 4.74 Å². The summed E-state index contributed by atoms with van der Waals surface area (Å²) in [7, 11) is 1.65. The Kier molecular flexibility index (Phi) is 3.50. The average Bonchev–Trinajstić information content (AvgIpc) is 2.88.